The lowest BCUT2D eigenvalue weighted by Gasteiger charge is -2.32. The summed E-state index contributed by atoms with van der Waals surface area (Å²) in [5, 5.41) is 0. The number of fused-ring (bicyclic) bond motifs is 3. The molecule has 2 saturated heterocycles. The third-order valence-corrected chi connectivity index (χ3v) is 3.83. The number of aromatic nitrogens is 1. The number of nitrogens with zero attached hydrogens (tertiary/aromatic N) is 3. The van der Waals surface area contributed by atoms with E-state index in [1.54, 1.807) is 0 Å². The second-order valence-corrected chi connectivity index (χ2v) is 4.81. The normalized spacial score (nSPS) is 29.9. The maximum Gasteiger partial charge on any atom is 0.128 e. The van der Waals surface area contributed by atoms with E-state index in [-0.39, 0.29) is 0 Å². The standard InChI is InChI=1S/C13H19N3/c1-2-7-14-13(5-1)16-11-10-15-8-3-4-12(16)6-9-15/h1-2,5,7,12H,3-4,6,8-11H2. The van der Waals surface area contributed by atoms with Crippen LogP contribution < -0.4 is 4.90 Å². The Morgan fingerprint density at radius 2 is 2.06 bits per heavy atom. The van der Waals surface area contributed by atoms with Gasteiger partial charge in [-0.3, -0.25) is 0 Å². The van der Waals surface area contributed by atoms with E-state index in [2.05, 4.69) is 26.9 Å². The summed E-state index contributed by atoms with van der Waals surface area (Å²) < 4.78 is 0. The predicted octanol–water partition coefficient (Wildman–Crippen LogP) is 1.76. The van der Waals surface area contributed by atoms with Gasteiger partial charge in [-0.1, -0.05) is 6.07 Å². The average Bonchev–Trinajstić information content (AvgIpc) is 2.64. The van der Waals surface area contributed by atoms with Crippen LogP contribution >= 0.6 is 0 Å². The van der Waals surface area contributed by atoms with E-state index in [4.69, 9.17) is 0 Å². The van der Waals surface area contributed by atoms with Gasteiger partial charge in [0.2, 0.25) is 0 Å². The molecule has 1 aromatic rings. The molecular weight excluding hydrogens is 198 g/mol. The summed E-state index contributed by atoms with van der Waals surface area (Å²) in [5.74, 6) is 1.16. The van der Waals surface area contributed by atoms with E-state index in [0.29, 0.717) is 6.04 Å². The van der Waals surface area contributed by atoms with Gasteiger partial charge in [-0.15, -0.1) is 0 Å². The predicted molar refractivity (Wildman–Crippen MR) is 65.7 cm³/mol. The summed E-state index contributed by atoms with van der Waals surface area (Å²) in [5.41, 5.74) is 0. The molecule has 3 heteroatoms. The molecule has 0 aromatic carbocycles. The number of rotatable bonds is 1. The van der Waals surface area contributed by atoms with E-state index < -0.39 is 0 Å². The summed E-state index contributed by atoms with van der Waals surface area (Å²) in [7, 11) is 0. The molecule has 2 aliphatic rings. The van der Waals surface area contributed by atoms with Crippen molar-refractivity contribution in [3.8, 4) is 0 Å². The van der Waals surface area contributed by atoms with E-state index >= 15 is 0 Å². The van der Waals surface area contributed by atoms with Crippen LogP contribution in [-0.4, -0.2) is 42.1 Å². The zero-order chi connectivity index (χ0) is 10.8. The van der Waals surface area contributed by atoms with Gasteiger partial charge in [-0.05, 0) is 37.9 Å². The molecule has 86 valence electrons. The lowest BCUT2D eigenvalue weighted by atomic mass is 10.1. The molecule has 0 amide bonds. The maximum atomic E-state index is 4.50. The van der Waals surface area contributed by atoms with Gasteiger partial charge in [0.1, 0.15) is 5.82 Å². The lowest BCUT2D eigenvalue weighted by Crippen LogP contribution is -2.39. The topological polar surface area (TPSA) is 19.4 Å². The first kappa shape index (κ1) is 10.1. The quantitative estimate of drug-likeness (QED) is 0.714. The van der Waals surface area contributed by atoms with Crippen LogP contribution in [-0.2, 0) is 0 Å². The van der Waals surface area contributed by atoms with Crippen molar-refractivity contribution in [2.75, 3.05) is 31.1 Å². The maximum absolute atomic E-state index is 4.50. The minimum Gasteiger partial charge on any atom is -0.352 e. The molecule has 3 nitrogen and oxygen atoms in total. The molecule has 3 rings (SSSR count). The molecule has 2 aliphatic heterocycles. The molecule has 3 heterocycles. The summed E-state index contributed by atoms with van der Waals surface area (Å²) in [4.78, 5) is 9.61. The molecule has 2 atom stereocenters. The molecule has 0 N–H and O–H groups in total. The van der Waals surface area contributed by atoms with Crippen molar-refractivity contribution in [1.29, 1.82) is 0 Å². The van der Waals surface area contributed by atoms with Crippen LogP contribution in [0.2, 0.25) is 0 Å². The van der Waals surface area contributed by atoms with Gasteiger partial charge in [-0.2, -0.15) is 0 Å². The number of anilines is 1. The van der Waals surface area contributed by atoms with Crippen LogP contribution in [0.1, 0.15) is 19.3 Å². The van der Waals surface area contributed by atoms with Gasteiger partial charge in [0.25, 0.3) is 0 Å². The molecule has 0 spiro atoms. The Balaban J connectivity index is 1.84. The van der Waals surface area contributed by atoms with Crippen molar-refractivity contribution in [2.24, 2.45) is 0 Å². The first-order chi connectivity index (χ1) is 7.93. The van der Waals surface area contributed by atoms with E-state index in [0.717, 1.165) is 12.4 Å². The summed E-state index contributed by atoms with van der Waals surface area (Å²) in [6.45, 7) is 4.91. The number of pyridine rings is 1. The van der Waals surface area contributed by atoms with Gasteiger partial charge in [0.15, 0.2) is 0 Å². The summed E-state index contributed by atoms with van der Waals surface area (Å²) in [6.07, 6.45) is 5.87. The zero-order valence-electron chi connectivity index (χ0n) is 9.68. The molecule has 2 unspecified atom stereocenters. The Hall–Kier alpha value is -1.09. The van der Waals surface area contributed by atoms with Crippen molar-refractivity contribution in [3.63, 3.8) is 0 Å². The van der Waals surface area contributed by atoms with Gasteiger partial charge >= 0.3 is 0 Å². The fourth-order valence-electron chi connectivity index (χ4n) is 2.93. The Kier molecular flexibility index (Phi) is 2.79. The highest BCUT2D eigenvalue weighted by Crippen LogP contribution is 2.24. The molecule has 2 bridgehead atoms. The van der Waals surface area contributed by atoms with Gasteiger partial charge < -0.3 is 9.80 Å². The van der Waals surface area contributed by atoms with Crippen molar-refractivity contribution >= 4 is 5.82 Å². The van der Waals surface area contributed by atoms with Crippen LogP contribution in [0.15, 0.2) is 24.4 Å². The van der Waals surface area contributed by atoms with E-state index in [1.807, 2.05) is 12.3 Å². The third kappa shape index (κ3) is 1.92. The van der Waals surface area contributed by atoms with Crippen LogP contribution in [0.25, 0.3) is 0 Å². The van der Waals surface area contributed by atoms with Gasteiger partial charge in [0, 0.05) is 31.9 Å². The van der Waals surface area contributed by atoms with E-state index in [9.17, 15) is 0 Å². The second-order valence-electron chi connectivity index (χ2n) is 4.81. The highest BCUT2D eigenvalue weighted by Gasteiger charge is 2.27. The smallest absolute Gasteiger partial charge is 0.128 e. The van der Waals surface area contributed by atoms with Crippen molar-refractivity contribution < 1.29 is 0 Å². The minimum absolute atomic E-state index is 0.711. The highest BCUT2D eigenvalue weighted by atomic mass is 15.3. The Morgan fingerprint density at radius 3 is 2.94 bits per heavy atom. The van der Waals surface area contributed by atoms with Crippen LogP contribution in [0.3, 0.4) is 0 Å². The zero-order valence-corrected chi connectivity index (χ0v) is 9.68. The largest absolute Gasteiger partial charge is 0.352 e. The third-order valence-electron chi connectivity index (χ3n) is 3.83. The Labute approximate surface area is 97.1 Å². The fourth-order valence-corrected chi connectivity index (χ4v) is 2.93. The number of hydrogen-bond acceptors (Lipinski definition) is 3. The van der Waals surface area contributed by atoms with Crippen molar-refractivity contribution in [3.05, 3.63) is 24.4 Å². The molecule has 0 radical (unpaired) electrons. The van der Waals surface area contributed by atoms with Gasteiger partial charge in [0.05, 0.1) is 0 Å². The second kappa shape index (κ2) is 4.42. The van der Waals surface area contributed by atoms with Crippen LogP contribution in [0.5, 0.6) is 0 Å². The minimum atomic E-state index is 0.711. The summed E-state index contributed by atoms with van der Waals surface area (Å²) in [6, 6.07) is 6.94. The fraction of sp³-hybridized carbons (Fsp3) is 0.615. The molecule has 0 saturated carbocycles. The van der Waals surface area contributed by atoms with E-state index in [1.165, 1.54) is 38.9 Å². The summed E-state index contributed by atoms with van der Waals surface area (Å²) >= 11 is 0. The molecular formula is C13H19N3. The molecule has 0 aliphatic carbocycles. The Morgan fingerprint density at radius 1 is 1.06 bits per heavy atom. The molecule has 16 heavy (non-hydrogen) atoms. The van der Waals surface area contributed by atoms with Crippen molar-refractivity contribution in [2.45, 2.75) is 25.3 Å². The molecule has 1 aromatic heterocycles. The lowest BCUT2D eigenvalue weighted by molar-refractivity contribution is 0.298. The van der Waals surface area contributed by atoms with Crippen molar-refractivity contribution in [1.82, 2.24) is 9.88 Å². The number of hydrogen-bond donors (Lipinski definition) is 0. The average molecular weight is 217 g/mol. The first-order valence-electron chi connectivity index (χ1n) is 6.33. The monoisotopic (exact) mass is 217 g/mol. The Bertz CT molecular complexity index is 338. The van der Waals surface area contributed by atoms with Gasteiger partial charge in [-0.25, -0.2) is 4.98 Å². The highest BCUT2D eigenvalue weighted by molar-refractivity contribution is 5.39. The molecule has 2 fully saturated rings. The first-order valence-corrected chi connectivity index (χ1v) is 6.33. The SMILES string of the molecule is c1ccc(N2CCN3CCCC2CC3)nc1. The van der Waals surface area contributed by atoms with Crippen LogP contribution in [0.4, 0.5) is 5.82 Å². The van der Waals surface area contributed by atoms with Crippen LogP contribution in [0, 0.1) is 0 Å².